The number of piperazine rings is 1. The number of aromatic nitrogens is 4. The average molecular weight is 549 g/mol. The molecule has 0 unspecified atom stereocenters. The molecule has 0 saturated carbocycles. The van der Waals surface area contributed by atoms with E-state index in [1.807, 2.05) is 7.05 Å². The molecule has 1 aliphatic rings. The molecule has 0 bridgehead atoms. The lowest BCUT2D eigenvalue weighted by Crippen LogP contribution is -2.44. The lowest BCUT2D eigenvalue weighted by atomic mass is 10.1. The zero-order chi connectivity index (χ0) is 28.4. The molecule has 40 heavy (non-hydrogen) atoms. The van der Waals surface area contributed by atoms with Gasteiger partial charge in [0.2, 0.25) is 11.9 Å². The van der Waals surface area contributed by atoms with Gasteiger partial charge in [0.1, 0.15) is 17.8 Å². The summed E-state index contributed by atoms with van der Waals surface area (Å²) in [6.07, 6.45) is 1.11. The van der Waals surface area contributed by atoms with Gasteiger partial charge in [-0.3, -0.25) is 9.59 Å². The first-order valence-corrected chi connectivity index (χ1v) is 12.4. The molecule has 1 saturated heterocycles. The average Bonchev–Trinajstić information content (AvgIpc) is 2.95. The van der Waals surface area contributed by atoms with Gasteiger partial charge in [0.05, 0.1) is 17.1 Å². The van der Waals surface area contributed by atoms with Crippen molar-refractivity contribution in [2.24, 2.45) is 0 Å². The van der Waals surface area contributed by atoms with Gasteiger partial charge in [-0.25, -0.2) is 18.7 Å². The smallest absolute Gasteiger partial charge is 0.262 e. The van der Waals surface area contributed by atoms with Crippen LogP contribution in [0.25, 0.3) is 22.3 Å². The zero-order valence-electron chi connectivity index (χ0n) is 21.5. The highest BCUT2D eigenvalue weighted by atomic mass is 19.2. The number of hydrogen-bond acceptors (Lipinski definition) is 9. The highest BCUT2D eigenvalue weighted by Crippen LogP contribution is 2.31. The number of aliphatic hydroxyl groups is 1. The van der Waals surface area contributed by atoms with E-state index in [0.29, 0.717) is 24.3 Å². The summed E-state index contributed by atoms with van der Waals surface area (Å²) in [6, 6.07) is 9.41. The molecule has 1 aliphatic heterocycles. The molecule has 5 rings (SSSR count). The molecular weight excluding hydrogens is 522 g/mol. The van der Waals surface area contributed by atoms with Crippen LogP contribution in [-0.2, 0) is 11.4 Å². The fraction of sp³-hybridized carbons (Fsp3) is 0.222. The monoisotopic (exact) mass is 548 g/mol. The number of amides is 1. The molecule has 11 nitrogen and oxygen atoms in total. The molecule has 2 aromatic carbocycles. The topological polar surface area (TPSA) is 139 Å². The van der Waals surface area contributed by atoms with E-state index in [9.17, 15) is 14.7 Å². The summed E-state index contributed by atoms with van der Waals surface area (Å²) in [6.45, 7) is 5.47. The first-order valence-electron chi connectivity index (χ1n) is 12.4. The fourth-order valence-corrected chi connectivity index (χ4v) is 4.41. The Balaban J connectivity index is 1.57. The lowest BCUT2D eigenvalue weighted by Gasteiger charge is -2.34. The van der Waals surface area contributed by atoms with Crippen LogP contribution in [-0.4, -0.2) is 69.1 Å². The number of nitrogens with zero attached hydrogens (tertiary/aromatic N) is 5. The summed E-state index contributed by atoms with van der Waals surface area (Å²) in [5.74, 6) is -2.73. The second-order valence-electron chi connectivity index (χ2n) is 9.21. The fourth-order valence-electron chi connectivity index (χ4n) is 4.41. The number of hydrogen-bond donors (Lipinski definition) is 4. The number of rotatable bonds is 7. The van der Waals surface area contributed by atoms with Gasteiger partial charge in [0.25, 0.3) is 5.56 Å². The highest BCUT2D eigenvalue weighted by Gasteiger charge is 2.23. The summed E-state index contributed by atoms with van der Waals surface area (Å²) >= 11 is 0. The minimum atomic E-state index is -1.11. The second-order valence-corrected chi connectivity index (χ2v) is 9.21. The summed E-state index contributed by atoms with van der Waals surface area (Å²) in [5.41, 5.74) is 0.220. The maximum atomic E-state index is 15.2. The van der Waals surface area contributed by atoms with Crippen LogP contribution in [0.2, 0.25) is 0 Å². The van der Waals surface area contributed by atoms with Gasteiger partial charge in [-0.15, -0.1) is 0 Å². The first-order chi connectivity index (χ1) is 19.3. The quantitative estimate of drug-likeness (QED) is 0.257. The third-order valence-corrected chi connectivity index (χ3v) is 6.51. The van der Waals surface area contributed by atoms with Crippen molar-refractivity contribution in [2.45, 2.75) is 6.61 Å². The Morgan fingerprint density at radius 2 is 1.90 bits per heavy atom. The van der Waals surface area contributed by atoms with Gasteiger partial charge in [-0.1, -0.05) is 18.7 Å². The number of anilines is 4. The molecule has 3 heterocycles. The van der Waals surface area contributed by atoms with Crippen molar-refractivity contribution < 1.29 is 18.7 Å². The zero-order valence-corrected chi connectivity index (χ0v) is 21.5. The van der Waals surface area contributed by atoms with Gasteiger partial charge in [0, 0.05) is 37.4 Å². The molecule has 4 aromatic rings. The number of H-pyrrole nitrogens is 1. The summed E-state index contributed by atoms with van der Waals surface area (Å²) in [4.78, 5) is 44.0. The Labute approximate surface area is 227 Å². The van der Waals surface area contributed by atoms with Crippen LogP contribution in [0.15, 0.2) is 53.8 Å². The summed E-state index contributed by atoms with van der Waals surface area (Å²) < 4.78 is 30.4. The van der Waals surface area contributed by atoms with E-state index in [2.05, 4.69) is 42.0 Å². The van der Waals surface area contributed by atoms with Crippen molar-refractivity contribution in [2.75, 3.05) is 48.8 Å². The Kier molecular flexibility index (Phi) is 7.49. The number of carbonyl (C=O) groups is 1. The standard InChI is InChI=1S/C27H26F2N8O3/c1-3-20(39)30-16-6-4-5-15(13-16)24-21-25(32-19(14-38)33-26(21)40)35-27(34-24)31-17-7-8-18(23(29)22(17)28)37-11-9-36(2)10-12-37/h3-8,13,38H,1,9-12,14H2,2H3,(H,30,39)(H2,31,32,33,34,35,40). The Morgan fingerprint density at radius 3 is 2.62 bits per heavy atom. The van der Waals surface area contributed by atoms with Crippen molar-refractivity contribution >= 4 is 40.0 Å². The van der Waals surface area contributed by atoms with Gasteiger partial charge < -0.3 is 30.5 Å². The maximum Gasteiger partial charge on any atom is 0.262 e. The lowest BCUT2D eigenvalue weighted by molar-refractivity contribution is -0.111. The first kappa shape index (κ1) is 26.8. The Hall–Kier alpha value is -4.75. The molecule has 0 spiro atoms. The van der Waals surface area contributed by atoms with Crippen molar-refractivity contribution in [3.05, 3.63) is 76.9 Å². The third kappa shape index (κ3) is 5.37. The molecule has 1 amide bonds. The largest absolute Gasteiger partial charge is 0.388 e. The second kappa shape index (κ2) is 11.2. The molecule has 206 valence electrons. The van der Waals surface area contributed by atoms with Crippen LogP contribution in [0.3, 0.4) is 0 Å². The number of halogens is 2. The van der Waals surface area contributed by atoms with E-state index in [1.54, 1.807) is 29.2 Å². The molecule has 13 heteroatoms. The minimum Gasteiger partial charge on any atom is -0.388 e. The SMILES string of the molecule is C=CC(=O)Nc1cccc(-c2nc(Nc3ccc(N4CCN(C)CC4)c(F)c3F)nc3nc(CO)[nH]c(=O)c23)c1. The minimum absolute atomic E-state index is 0.00649. The van der Waals surface area contributed by atoms with E-state index in [4.69, 9.17) is 0 Å². The number of aromatic amines is 1. The molecule has 1 fully saturated rings. The molecule has 0 aliphatic carbocycles. The summed E-state index contributed by atoms with van der Waals surface area (Å²) in [5, 5.41) is 14.9. The van der Waals surface area contributed by atoms with Crippen molar-refractivity contribution in [1.82, 2.24) is 24.8 Å². The normalized spacial score (nSPS) is 13.8. The van der Waals surface area contributed by atoms with Gasteiger partial charge >= 0.3 is 0 Å². The van der Waals surface area contributed by atoms with Crippen molar-refractivity contribution in [3.8, 4) is 11.3 Å². The molecular formula is C27H26F2N8O3. The van der Waals surface area contributed by atoms with Crippen molar-refractivity contribution in [1.29, 1.82) is 0 Å². The molecule has 2 aromatic heterocycles. The van der Waals surface area contributed by atoms with Crippen LogP contribution in [0, 0.1) is 11.6 Å². The number of fused-ring (bicyclic) bond motifs is 1. The van der Waals surface area contributed by atoms with E-state index >= 15 is 8.78 Å². The van der Waals surface area contributed by atoms with E-state index in [-0.39, 0.29) is 39.9 Å². The van der Waals surface area contributed by atoms with E-state index in [1.165, 1.54) is 12.1 Å². The Bertz CT molecular complexity index is 1670. The van der Waals surface area contributed by atoms with Crippen LogP contribution in [0.5, 0.6) is 0 Å². The summed E-state index contributed by atoms with van der Waals surface area (Å²) in [7, 11) is 1.97. The van der Waals surface area contributed by atoms with Gasteiger partial charge in [0.15, 0.2) is 17.3 Å². The van der Waals surface area contributed by atoms with Crippen molar-refractivity contribution in [3.63, 3.8) is 0 Å². The molecule has 0 radical (unpaired) electrons. The Morgan fingerprint density at radius 1 is 1.12 bits per heavy atom. The number of likely N-dealkylation sites (N-methyl/N-ethyl adjacent to an activating group) is 1. The van der Waals surface area contributed by atoms with E-state index in [0.717, 1.165) is 19.2 Å². The number of carbonyl (C=O) groups excluding carboxylic acids is 1. The van der Waals surface area contributed by atoms with Crippen LogP contribution < -0.4 is 21.1 Å². The van der Waals surface area contributed by atoms with E-state index < -0.39 is 29.7 Å². The highest BCUT2D eigenvalue weighted by molar-refractivity contribution is 5.99. The number of aliphatic hydroxyl groups excluding tert-OH is 1. The van der Waals surface area contributed by atoms with Crippen LogP contribution in [0.4, 0.5) is 31.8 Å². The third-order valence-electron chi connectivity index (χ3n) is 6.51. The van der Waals surface area contributed by atoms with Gasteiger partial charge in [-0.05, 0) is 37.4 Å². The van der Waals surface area contributed by atoms with Crippen LogP contribution in [0.1, 0.15) is 5.82 Å². The molecule has 4 N–H and O–H groups in total. The predicted octanol–water partition coefficient (Wildman–Crippen LogP) is 2.77. The number of nitrogens with one attached hydrogen (secondary N) is 3. The van der Waals surface area contributed by atoms with Crippen LogP contribution >= 0.6 is 0 Å². The van der Waals surface area contributed by atoms with Gasteiger partial charge in [-0.2, -0.15) is 4.98 Å². The number of benzene rings is 2. The maximum absolute atomic E-state index is 15.2. The molecule has 0 atom stereocenters. The predicted molar refractivity (Wildman–Crippen MR) is 147 cm³/mol.